The molecule has 0 saturated heterocycles. The number of amides is 1. The number of aryl methyl sites for hydroxylation is 2. The maximum absolute atomic E-state index is 12.4. The highest BCUT2D eigenvalue weighted by atomic mass is 32.2. The Morgan fingerprint density at radius 1 is 1.23 bits per heavy atom. The minimum absolute atomic E-state index is 0.000364. The maximum atomic E-state index is 12.4. The van der Waals surface area contributed by atoms with E-state index in [1.54, 1.807) is 18.2 Å². The Morgan fingerprint density at radius 2 is 1.93 bits per heavy atom. The smallest absolute Gasteiger partial charge is 0.242 e. The van der Waals surface area contributed by atoms with E-state index in [-0.39, 0.29) is 10.8 Å². The van der Waals surface area contributed by atoms with Crippen molar-refractivity contribution in [3.63, 3.8) is 0 Å². The normalized spacial score (nSPS) is 12.4. The molecule has 0 radical (unpaired) electrons. The number of nitrogens with one attached hydrogen (secondary N) is 1. The van der Waals surface area contributed by atoms with E-state index in [9.17, 15) is 13.2 Å². The second-order valence-electron chi connectivity index (χ2n) is 7.78. The van der Waals surface area contributed by atoms with Crippen LogP contribution in [0, 0.1) is 0 Å². The summed E-state index contributed by atoms with van der Waals surface area (Å²) in [5, 5.41) is 2.98. The first-order valence-electron chi connectivity index (χ1n) is 10.5. The van der Waals surface area contributed by atoms with Gasteiger partial charge in [-0.15, -0.1) is 0 Å². The summed E-state index contributed by atoms with van der Waals surface area (Å²) >= 11 is 0. The Bertz CT molecular complexity index is 966. The summed E-state index contributed by atoms with van der Waals surface area (Å²) in [6, 6.07) is 5.45. The molecular weight excluding hydrogens is 402 g/mol. The molecule has 9 heteroatoms. The van der Waals surface area contributed by atoms with Crippen molar-refractivity contribution in [2.24, 2.45) is 0 Å². The highest BCUT2D eigenvalue weighted by Crippen LogP contribution is 2.22. The summed E-state index contributed by atoms with van der Waals surface area (Å²) < 4.78 is 28.0. The SMILES string of the molecule is CCN(CCNC(=O)CCc1nc2cc(S(=O)(=O)N(C)C)ccc2n1CC)C(C)C. The van der Waals surface area contributed by atoms with Gasteiger partial charge in [0.2, 0.25) is 15.9 Å². The fourth-order valence-electron chi connectivity index (χ4n) is 3.51. The summed E-state index contributed by atoms with van der Waals surface area (Å²) in [6.45, 7) is 11.5. The molecule has 1 aromatic carbocycles. The topological polar surface area (TPSA) is 87.5 Å². The first-order chi connectivity index (χ1) is 14.1. The summed E-state index contributed by atoms with van der Waals surface area (Å²) in [5.74, 6) is 0.791. The van der Waals surface area contributed by atoms with Crippen molar-refractivity contribution in [1.29, 1.82) is 0 Å². The predicted molar refractivity (Wildman–Crippen MR) is 120 cm³/mol. The van der Waals surface area contributed by atoms with E-state index in [0.29, 0.717) is 37.5 Å². The van der Waals surface area contributed by atoms with Crippen LogP contribution in [0.1, 0.15) is 39.9 Å². The van der Waals surface area contributed by atoms with Gasteiger partial charge in [-0.2, -0.15) is 0 Å². The summed E-state index contributed by atoms with van der Waals surface area (Å²) in [5.41, 5.74) is 1.51. The predicted octanol–water partition coefficient (Wildman–Crippen LogP) is 2.09. The van der Waals surface area contributed by atoms with Gasteiger partial charge in [0.25, 0.3) is 0 Å². The van der Waals surface area contributed by atoms with Crippen LogP contribution in [0.3, 0.4) is 0 Å². The number of carbonyl (C=O) groups excluding carboxylic acids is 1. The van der Waals surface area contributed by atoms with E-state index in [1.807, 2.05) is 11.5 Å². The van der Waals surface area contributed by atoms with Crippen LogP contribution in [-0.2, 0) is 27.8 Å². The molecule has 0 aliphatic rings. The molecule has 1 aromatic heterocycles. The zero-order valence-corrected chi connectivity index (χ0v) is 19.8. The van der Waals surface area contributed by atoms with Gasteiger partial charge < -0.3 is 9.88 Å². The molecule has 1 amide bonds. The molecule has 1 heterocycles. The second-order valence-corrected chi connectivity index (χ2v) is 9.93. The Morgan fingerprint density at radius 3 is 2.50 bits per heavy atom. The number of hydrogen-bond donors (Lipinski definition) is 1. The fourth-order valence-corrected chi connectivity index (χ4v) is 4.43. The third-order valence-electron chi connectivity index (χ3n) is 5.33. The lowest BCUT2D eigenvalue weighted by molar-refractivity contribution is -0.121. The lowest BCUT2D eigenvalue weighted by atomic mass is 10.2. The largest absolute Gasteiger partial charge is 0.355 e. The van der Waals surface area contributed by atoms with Crippen molar-refractivity contribution in [2.75, 3.05) is 33.7 Å². The third kappa shape index (κ3) is 5.59. The third-order valence-corrected chi connectivity index (χ3v) is 7.14. The van der Waals surface area contributed by atoms with Gasteiger partial charge in [0.1, 0.15) is 5.82 Å². The van der Waals surface area contributed by atoms with Gasteiger partial charge in [-0.25, -0.2) is 17.7 Å². The molecule has 1 N–H and O–H groups in total. The van der Waals surface area contributed by atoms with Crippen LogP contribution in [0.4, 0.5) is 0 Å². The van der Waals surface area contributed by atoms with Gasteiger partial charge in [0, 0.05) is 52.6 Å². The summed E-state index contributed by atoms with van der Waals surface area (Å²) in [7, 11) is -0.496. The van der Waals surface area contributed by atoms with Gasteiger partial charge >= 0.3 is 0 Å². The van der Waals surface area contributed by atoms with E-state index in [1.165, 1.54) is 18.4 Å². The average Bonchev–Trinajstić information content (AvgIpc) is 3.05. The van der Waals surface area contributed by atoms with Gasteiger partial charge in [-0.1, -0.05) is 6.92 Å². The quantitative estimate of drug-likeness (QED) is 0.582. The molecule has 2 aromatic rings. The van der Waals surface area contributed by atoms with Crippen molar-refractivity contribution in [3.8, 4) is 0 Å². The van der Waals surface area contributed by atoms with Crippen LogP contribution in [0.25, 0.3) is 11.0 Å². The average molecular weight is 438 g/mol. The Kier molecular flexibility index (Phi) is 8.40. The van der Waals surface area contributed by atoms with Crippen molar-refractivity contribution >= 4 is 27.0 Å². The molecule has 0 saturated carbocycles. The first kappa shape index (κ1) is 24.3. The lowest BCUT2D eigenvalue weighted by Gasteiger charge is -2.24. The highest BCUT2D eigenvalue weighted by molar-refractivity contribution is 7.89. The van der Waals surface area contributed by atoms with E-state index in [2.05, 4.69) is 36.0 Å². The van der Waals surface area contributed by atoms with Crippen LogP contribution >= 0.6 is 0 Å². The number of benzene rings is 1. The number of imidazole rings is 1. The van der Waals surface area contributed by atoms with Gasteiger partial charge in [-0.3, -0.25) is 9.69 Å². The van der Waals surface area contributed by atoms with Crippen LogP contribution < -0.4 is 5.32 Å². The minimum Gasteiger partial charge on any atom is -0.355 e. The molecule has 2 rings (SSSR count). The molecule has 0 aliphatic carbocycles. The molecule has 30 heavy (non-hydrogen) atoms. The monoisotopic (exact) mass is 437 g/mol. The minimum atomic E-state index is -3.51. The number of hydrogen-bond acceptors (Lipinski definition) is 5. The number of carbonyl (C=O) groups is 1. The molecule has 0 spiro atoms. The summed E-state index contributed by atoms with van der Waals surface area (Å²) in [6.07, 6.45) is 0.853. The Labute approximate surface area is 180 Å². The van der Waals surface area contributed by atoms with Gasteiger partial charge in [-0.05, 0) is 45.5 Å². The van der Waals surface area contributed by atoms with Gasteiger partial charge in [0.05, 0.1) is 15.9 Å². The van der Waals surface area contributed by atoms with Crippen LogP contribution in [0.15, 0.2) is 23.1 Å². The zero-order valence-electron chi connectivity index (χ0n) is 19.0. The lowest BCUT2D eigenvalue weighted by Crippen LogP contribution is -2.38. The maximum Gasteiger partial charge on any atom is 0.242 e. The number of likely N-dealkylation sites (N-methyl/N-ethyl adjacent to an activating group) is 1. The fraction of sp³-hybridized carbons (Fsp3) is 0.619. The van der Waals surface area contributed by atoms with E-state index in [4.69, 9.17) is 0 Å². The number of fused-ring (bicyclic) bond motifs is 1. The highest BCUT2D eigenvalue weighted by Gasteiger charge is 2.19. The van der Waals surface area contributed by atoms with E-state index < -0.39 is 10.0 Å². The van der Waals surface area contributed by atoms with Crippen LogP contribution in [-0.4, -0.2) is 72.9 Å². The van der Waals surface area contributed by atoms with Gasteiger partial charge in [0.15, 0.2) is 0 Å². The molecule has 0 fully saturated rings. The standard InChI is InChI=1S/C21H35N5O3S/c1-7-25(16(3)4)14-13-22-21(27)12-11-20-23-18-15-17(30(28,29)24(5)6)9-10-19(18)26(20)8-2/h9-10,15-16H,7-8,11-14H2,1-6H3,(H,22,27). The number of nitrogens with zero attached hydrogens (tertiary/aromatic N) is 4. The molecule has 8 nitrogen and oxygen atoms in total. The first-order valence-corrected chi connectivity index (χ1v) is 12.0. The van der Waals surface area contributed by atoms with Crippen molar-refractivity contribution in [3.05, 3.63) is 24.0 Å². The molecule has 0 atom stereocenters. The van der Waals surface area contributed by atoms with Crippen LogP contribution in [0.5, 0.6) is 0 Å². The zero-order chi connectivity index (χ0) is 22.5. The second kappa shape index (κ2) is 10.4. The van der Waals surface area contributed by atoms with Crippen molar-refractivity contribution in [2.45, 2.75) is 58.0 Å². The van der Waals surface area contributed by atoms with E-state index >= 15 is 0 Å². The van der Waals surface area contributed by atoms with Crippen LogP contribution in [0.2, 0.25) is 0 Å². The Hall–Kier alpha value is -1.97. The van der Waals surface area contributed by atoms with Crippen molar-refractivity contribution in [1.82, 2.24) is 24.1 Å². The number of aromatic nitrogens is 2. The summed E-state index contributed by atoms with van der Waals surface area (Å²) in [4.78, 5) is 19.4. The molecule has 0 bridgehead atoms. The number of rotatable bonds is 11. The Balaban J connectivity index is 2.08. The molecule has 168 valence electrons. The molecule has 0 unspecified atom stereocenters. The molecule has 0 aliphatic heterocycles. The van der Waals surface area contributed by atoms with Crippen molar-refractivity contribution < 1.29 is 13.2 Å². The van der Waals surface area contributed by atoms with E-state index in [0.717, 1.165) is 24.4 Å². The molecular formula is C21H35N5O3S. The number of sulfonamides is 1.